The van der Waals surface area contributed by atoms with Crippen LogP contribution in [-0.4, -0.2) is 28.4 Å². The zero-order chi connectivity index (χ0) is 18.5. The minimum atomic E-state index is 0. The Morgan fingerprint density at radius 1 is 0.556 bits per heavy atom. The second-order valence-corrected chi connectivity index (χ2v) is 5.67. The van der Waals surface area contributed by atoms with Crippen LogP contribution in [0.2, 0.25) is 0 Å². The molecule has 0 unspecified atom stereocenters. The molecule has 5 heteroatoms. The van der Waals surface area contributed by atoms with Gasteiger partial charge >= 0.3 is 21.7 Å². The van der Waals surface area contributed by atoms with E-state index in [-0.39, 0.29) is 21.7 Å². The molecule has 0 heterocycles. The maximum Gasteiger partial charge on any atom is 2.00 e. The summed E-state index contributed by atoms with van der Waals surface area (Å²) in [4.78, 5) is 0. The second-order valence-electron chi connectivity index (χ2n) is 5.67. The number of methoxy groups -OCH3 is 4. The van der Waals surface area contributed by atoms with Crippen molar-refractivity contribution in [1.82, 2.24) is 0 Å². The van der Waals surface area contributed by atoms with Gasteiger partial charge in [-0.1, -0.05) is 22.9 Å². The van der Waals surface area contributed by atoms with Crippen LogP contribution < -0.4 is 18.9 Å². The summed E-state index contributed by atoms with van der Waals surface area (Å²) in [5, 5.41) is 4.50. The number of rotatable bonds is 4. The van der Waals surface area contributed by atoms with E-state index in [1.807, 2.05) is 60.7 Å². The van der Waals surface area contributed by atoms with Crippen LogP contribution in [0.15, 0.2) is 60.7 Å². The molecule has 4 aromatic carbocycles. The summed E-state index contributed by atoms with van der Waals surface area (Å²) in [6, 6.07) is 20.1. The monoisotopic (exact) mass is 398 g/mol. The summed E-state index contributed by atoms with van der Waals surface area (Å²) in [5.74, 6) is 3.23. The van der Waals surface area contributed by atoms with Crippen molar-refractivity contribution < 1.29 is 40.7 Å². The predicted octanol–water partition coefficient (Wildman–Crippen LogP) is 5.15. The number of hydrogen-bond acceptors (Lipinski definition) is 4. The van der Waals surface area contributed by atoms with Crippen molar-refractivity contribution in [3.8, 4) is 23.0 Å². The maximum atomic E-state index is 5.26. The fourth-order valence-electron chi connectivity index (χ4n) is 3.06. The fraction of sp³-hybridized carbons (Fsp3) is 0.182. The van der Waals surface area contributed by atoms with Crippen molar-refractivity contribution in [2.45, 2.75) is 0 Å². The Balaban J connectivity index is 0.000000187. The van der Waals surface area contributed by atoms with Gasteiger partial charge in [-0.3, -0.25) is 0 Å². The Hall–Kier alpha value is -2.43. The molecule has 0 aliphatic rings. The van der Waals surface area contributed by atoms with Gasteiger partial charge in [-0.25, -0.2) is 0 Å². The van der Waals surface area contributed by atoms with Gasteiger partial charge in [0.1, 0.15) is 0 Å². The van der Waals surface area contributed by atoms with E-state index in [0.717, 1.165) is 44.5 Å². The van der Waals surface area contributed by atoms with Crippen LogP contribution >= 0.6 is 0 Å². The molecule has 0 aliphatic heterocycles. The van der Waals surface area contributed by atoms with Crippen molar-refractivity contribution in [3.63, 3.8) is 0 Å². The van der Waals surface area contributed by atoms with Crippen LogP contribution in [0.3, 0.4) is 0 Å². The molecule has 0 saturated carbocycles. The van der Waals surface area contributed by atoms with Crippen molar-refractivity contribution in [2.75, 3.05) is 28.4 Å². The van der Waals surface area contributed by atoms with E-state index in [1.165, 1.54) is 0 Å². The first-order valence-electron chi connectivity index (χ1n) is 8.26. The van der Waals surface area contributed by atoms with Crippen LogP contribution in [0.25, 0.3) is 21.5 Å². The Kier molecular flexibility index (Phi) is 7.34. The minimum absolute atomic E-state index is 0. The normalized spacial score (nSPS) is 9.93. The zero-order valence-electron chi connectivity index (χ0n) is 15.9. The second kappa shape index (κ2) is 9.49. The van der Waals surface area contributed by atoms with Crippen LogP contribution in [0.1, 0.15) is 0 Å². The van der Waals surface area contributed by atoms with Gasteiger partial charge < -0.3 is 18.9 Å². The largest absolute Gasteiger partial charge is 2.00 e. The minimum Gasteiger partial charge on any atom is -0.544 e. The third-order valence-corrected chi connectivity index (χ3v) is 4.28. The molecule has 0 atom stereocenters. The third-order valence-electron chi connectivity index (χ3n) is 4.28. The van der Waals surface area contributed by atoms with Gasteiger partial charge in [0.05, 0.1) is 51.4 Å². The molecule has 0 radical (unpaired) electrons. The van der Waals surface area contributed by atoms with Crippen LogP contribution in [0.5, 0.6) is 23.0 Å². The number of benzene rings is 2. The summed E-state index contributed by atoms with van der Waals surface area (Å²) < 4.78 is 20.9. The molecule has 27 heavy (non-hydrogen) atoms. The van der Waals surface area contributed by atoms with E-state index in [9.17, 15) is 0 Å². The van der Waals surface area contributed by atoms with Gasteiger partial charge in [0.2, 0.25) is 0 Å². The van der Waals surface area contributed by atoms with Gasteiger partial charge in [-0.15, -0.1) is 59.3 Å². The van der Waals surface area contributed by atoms with Gasteiger partial charge in [0, 0.05) is 0 Å². The van der Waals surface area contributed by atoms with Crippen molar-refractivity contribution in [3.05, 3.63) is 60.7 Å². The van der Waals surface area contributed by atoms with Crippen LogP contribution in [0.4, 0.5) is 0 Å². The molecule has 4 rings (SSSR count). The van der Waals surface area contributed by atoms with Gasteiger partial charge in [0.15, 0.2) is 0 Å². The first kappa shape index (κ1) is 20.9. The first-order valence-corrected chi connectivity index (χ1v) is 8.26. The predicted molar refractivity (Wildman–Crippen MR) is 105 cm³/mol. The first-order chi connectivity index (χ1) is 12.7. The maximum absolute atomic E-state index is 5.26. The molecule has 0 bridgehead atoms. The molecule has 0 aliphatic carbocycles. The van der Waals surface area contributed by atoms with Crippen molar-refractivity contribution >= 4 is 21.5 Å². The Labute approximate surface area is 174 Å². The molecule has 0 fully saturated rings. The average Bonchev–Trinajstić information content (AvgIpc) is 3.25. The topological polar surface area (TPSA) is 36.9 Å². The third kappa shape index (κ3) is 4.13. The summed E-state index contributed by atoms with van der Waals surface area (Å²) in [5.41, 5.74) is 0. The number of hydrogen-bond donors (Lipinski definition) is 0. The van der Waals surface area contributed by atoms with E-state index < -0.39 is 0 Å². The summed E-state index contributed by atoms with van der Waals surface area (Å²) in [6.07, 6.45) is 0. The van der Waals surface area contributed by atoms with E-state index in [0.29, 0.717) is 0 Å². The number of fused-ring (bicyclic) bond motifs is 2. The molecule has 0 spiro atoms. The molecule has 0 aromatic heterocycles. The molecular weight excluding hydrogens is 376 g/mol. The Bertz CT molecular complexity index is 918. The average molecular weight is 398 g/mol. The summed E-state index contributed by atoms with van der Waals surface area (Å²) in [7, 11) is 6.61. The van der Waals surface area contributed by atoms with Crippen LogP contribution in [0, 0.1) is 0 Å². The molecule has 0 saturated heterocycles. The molecule has 0 N–H and O–H groups in total. The van der Waals surface area contributed by atoms with E-state index in [4.69, 9.17) is 18.9 Å². The van der Waals surface area contributed by atoms with Gasteiger partial charge in [-0.05, 0) is 0 Å². The quantitative estimate of drug-likeness (QED) is 0.352. The van der Waals surface area contributed by atoms with E-state index in [2.05, 4.69) is 0 Å². The SMILES string of the molecule is COc1[cH-]c2ccccc2c1OC.COc1[cH-]c2ccccc2c1OC.[Ti+2]. The van der Waals surface area contributed by atoms with Crippen LogP contribution in [-0.2, 0) is 21.7 Å². The Morgan fingerprint density at radius 2 is 0.926 bits per heavy atom. The van der Waals surface area contributed by atoms with Gasteiger partial charge in [-0.2, -0.15) is 0 Å². The van der Waals surface area contributed by atoms with E-state index in [1.54, 1.807) is 28.4 Å². The molecule has 138 valence electrons. The smallest absolute Gasteiger partial charge is 0.544 e. The zero-order valence-corrected chi connectivity index (χ0v) is 17.5. The van der Waals surface area contributed by atoms with Crippen molar-refractivity contribution in [2.24, 2.45) is 0 Å². The fourth-order valence-corrected chi connectivity index (χ4v) is 3.06. The van der Waals surface area contributed by atoms with E-state index >= 15 is 0 Å². The van der Waals surface area contributed by atoms with Crippen molar-refractivity contribution in [1.29, 1.82) is 0 Å². The Morgan fingerprint density at radius 3 is 1.26 bits per heavy atom. The molecule has 4 nitrogen and oxygen atoms in total. The standard InChI is InChI=1S/2C11H11O2.Ti/c2*1-12-10-7-8-5-3-4-6-9(8)11(10)13-2;/h2*3-7H,1-2H3;/q2*-1;+2. The summed E-state index contributed by atoms with van der Waals surface area (Å²) >= 11 is 0. The molecular formula is C22H22O4Ti. The molecule has 0 amide bonds. The number of ether oxygens (including phenoxy) is 4. The van der Waals surface area contributed by atoms with Gasteiger partial charge in [0.25, 0.3) is 0 Å². The summed E-state index contributed by atoms with van der Waals surface area (Å²) in [6.45, 7) is 0. The molecule has 4 aromatic rings.